The van der Waals surface area contributed by atoms with Gasteiger partial charge in [0.05, 0.1) is 6.61 Å². The molecule has 2 aromatic carbocycles. The van der Waals surface area contributed by atoms with Crippen LogP contribution in [0.3, 0.4) is 0 Å². The molecule has 0 aliphatic heterocycles. The maximum atomic E-state index is 13.6. The predicted molar refractivity (Wildman–Crippen MR) is 110 cm³/mol. The first-order valence-electron chi connectivity index (χ1n) is 9.48. The molecule has 3 aromatic rings. The smallest absolute Gasteiger partial charge is 0.253 e. The molecule has 0 aliphatic carbocycles. The molecule has 0 unspecified atom stereocenters. The van der Waals surface area contributed by atoms with Crippen molar-refractivity contribution in [3.05, 3.63) is 98.5 Å². The average Bonchev–Trinajstić information content (AvgIpc) is 2.69. The molecule has 1 amide bonds. The third-order valence-corrected chi connectivity index (χ3v) is 4.68. The van der Waals surface area contributed by atoms with Crippen molar-refractivity contribution < 1.29 is 18.3 Å². The Morgan fingerprint density at radius 1 is 1.07 bits per heavy atom. The zero-order valence-corrected chi connectivity index (χ0v) is 16.7. The minimum absolute atomic E-state index is 0.00576. The molecule has 0 saturated heterocycles. The highest BCUT2D eigenvalue weighted by Gasteiger charge is 2.10. The standard InChI is InChI=1S/C23H22F2N2O3/c1-14-11-15(2)27-23(29)19(14)13-26-22(28)17-5-3-16(4-6-17)9-10-30-21-8-7-18(24)12-20(21)25/h3-8,11-12H,9-10,13H2,1-2H3,(H,26,28)(H,27,29). The summed E-state index contributed by atoms with van der Waals surface area (Å²) in [5.74, 6) is -1.69. The quantitative estimate of drug-likeness (QED) is 0.620. The molecule has 156 valence electrons. The lowest BCUT2D eigenvalue weighted by Crippen LogP contribution is -2.27. The number of carbonyl (C=O) groups is 1. The Balaban J connectivity index is 1.53. The Hall–Kier alpha value is -3.48. The number of ether oxygens (including phenoxy) is 1. The number of aryl methyl sites for hydroxylation is 2. The number of carbonyl (C=O) groups excluding carboxylic acids is 1. The zero-order valence-electron chi connectivity index (χ0n) is 16.7. The predicted octanol–water partition coefficient (Wildman–Crippen LogP) is 3.82. The third-order valence-electron chi connectivity index (χ3n) is 4.68. The monoisotopic (exact) mass is 412 g/mol. The van der Waals surface area contributed by atoms with Crippen molar-refractivity contribution in [3.63, 3.8) is 0 Å². The fourth-order valence-corrected chi connectivity index (χ4v) is 3.07. The SMILES string of the molecule is Cc1cc(C)c(CNC(=O)c2ccc(CCOc3ccc(F)cc3F)cc2)c(=O)[nH]1. The summed E-state index contributed by atoms with van der Waals surface area (Å²) in [5.41, 5.74) is 3.28. The Kier molecular flexibility index (Phi) is 6.61. The third kappa shape index (κ3) is 5.31. The van der Waals surface area contributed by atoms with E-state index in [0.29, 0.717) is 17.5 Å². The number of halogens is 2. The Bertz CT molecular complexity index is 1110. The molecule has 5 nitrogen and oxygen atoms in total. The van der Waals surface area contributed by atoms with Gasteiger partial charge in [-0.15, -0.1) is 0 Å². The van der Waals surface area contributed by atoms with Crippen molar-refractivity contribution in [2.75, 3.05) is 6.61 Å². The average molecular weight is 412 g/mol. The second-order valence-corrected chi connectivity index (χ2v) is 7.00. The first kappa shape index (κ1) is 21.2. The van der Waals surface area contributed by atoms with Crippen LogP contribution in [0.4, 0.5) is 8.78 Å². The fraction of sp³-hybridized carbons (Fsp3) is 0.217. The van der Waals surface area contributed by atoms with Crippen LogP contribution >= 0.6 is 0 Å². The minimum atomic E-state index is -0.746. The molecule has 0 bridgehead atoms. The number of pyridine rings is 1. The summed E-state index contributed by atoms with van der Waals surface area (Å²) < 4.78 is 31.8. The number of nitrogens with one attached hydrogen (secondary N) is 2. The lowest BCUT2D eigenvalue weighted by atomic mass is 10.1. The van der Waals surface area contributed by atoms with Gasteiger partial charge >= 0.3 is 0 Å². The van der Waals surface area contributed by atoms with Crippen molar-refractivity contribution in [3.8, 4) is 5.75 Å². The summed E-state index contributed by atoms with van der Waals surface area (Å²) in [6, 6.07) is 11.9. The highest BCUT2D eigenvalue weighted by molar-refractivity contribution is 5.94. The van der Waals surface area contributed by atoms with E-state index in [1.54, 1.807) is 31.2 Å². The van der Waals surface area contributed by atoms with E-state index in [9.17, 15) is 18.4 Å². The maximum absolute atomic E-state index is 13.6. The number of hydrogen-bond acceptors (Lipinski definition) is 3. The van der Waals surface area contributed by atoms with Crippen LogP contribution in [0.2, 0.25) is 0 Å². The van der Waals surface area contributed by atoms with Crippen LogP contribution in [-0.2, 0) is 13.0 Å². The van der Waals surface area contributed by atoms with Crippen molar-refractivity contribution in [1.29, 1.82) is 0 Å². The molecule has 0 atom stereocenters. The normalized spacial score (nSPS) is 10.7. The molecule has 0 saturated carbocycles. The second-order valence-electron chi connectivity index (χ2n) is 7.00. The number of hydrogen-bond donors (Lipinski definition) is 2. The largest absolute Gasteiger partial charge is 0.490 e. The van der Waals surface area contributed by atoms with E-state index in [-0.39, 0.29) is 30.4 Å². The van der Waals surface area contributed by atoms with Gasteiger partial charge in [-0.25, -0.2) is 8.78 Å². The van der Waals surface area contributed by atoms with Crippen molar-refractivity contribution in [2.24, 2.45) is 0 Å². The summed E-state index contributed by atoms with van der Waals surface area (Å²) in [4.78, 5) is 27.1. The van der Waals surface area contributed by atoms with Crippen LogP contribution in [0, 0.1) is 25.5 Å². The van der Waals surface area contributed by atoms with E-state index in [1.807, 2.05) is 13.0 Å². The minimum Gasteiger partial charge on any atom is -0.490 e. The van der Waals surface area contributed by atoms with E-state index in [1.165, 1.54) is 6.07 Å². The highest BCUT2D eigenvalue weighted by atomic mass is 19.1. The van der Waals surface area contributed by atoms with Crippen LogP contribution in [0.5, 0.6) is 5.75 Å². The molecule has 2 N–H and O–H groups in total. The topological polar surface area (TPSA) is 71.2 Å². The van der Waals surface area contributed by atoms with Gasteiger partial charge in [0.25, 0.3) is 11.5 Å². The number of amides is 1. The molecule has 0 aliphatic rings. The number of H-pyrrole nitrogens is 1. The molecule has 30 heavy (non-hydrogen) atoms. The van der Waals surface area contributed by atoms with Gasteiger partial charge in [-0.3, -0.25) is 9.59 Å². The summed E-state index contributed by atoms with van der Waals surface area (Å²) in [5, 5.41) is 2.76. The van der Waals surface area contributed by atoms with Crippen molar-refractivity contribution in [1.82, 2.24) is 10.3 Å². The van der Waals surface area contributed by atoms with E-state index < -0.39 is 11.6 Å². The van der Waals surface area contributed by atoms with Crippen molar-refractivity contribution >= 4 is 5.91 Å². The van der Waals surface area contributed by atoms with Gasteiger partial charge in [-0.05, 0) is 55.3 Å². The van der Waals surface area contributed by atoms with Crippen molar-refractivity contribution in [2.45, 2.75) is 26.8 Å². The molecule has 0 fully saturated rings. The lowest BCUT2D eigenvalue weighted by molar-refractivity contribution is 0.0950. The summed E-state index contributed by atoms with van der Waals surface area (Å²) in [6.07, 6.45) is 0.497. The van der Waals surface area contributed by atoms with E-state index in [2.05, 4.69) is 10.3 Å². The van der Waals surface area contributed by atoms with Gasteiger partial charge < -0.3 is 15.0 Å². The van der Waals surface area contributed by atoms with Gasteiger partial charge in [-0.1, -0.05) is 12.1 Å². The number of benzene rings is 2. The van der Waals surface area contributed by atoms with Crippen LogP contribution in [0.25, 0.3) is 0 Å². The molecule has 0 spiro atoms. The van der Waals surface area contributed by atoms with E-state index in [0.717, 1.165) is 29.0 Å². The first-order chi connectivity index (χ1) is 14.3. The fourth-order valence-electron chi connectivity index (χ4n) is 3.07. The number of aromatic nitrogens is 1. The first-order valence-corrected chi connectivity index (χ1v) is 9.48. The summed E-state index contributed by atoms with van der Waals surface area (Å²) >= 11 is 0. The van der Waals surface area contributed by atoms with Crippen LogP contribution < -0.4 is 15.6 Å². The molecule has 0 radical (unpaired) electrons. The van der Waals surface area contributed by atoms with Crippen LogP contribution in [0.1, 0.15) is 32.7 Å². The van der Waals surface area contributed by atoms with Crippen LogP contribution in [-0.4, -0.2) is 17.5 Å². The second kappa shape index (κ2) is 9.35. The summed E-state index contributed by atoms with van der Waals surface area (Å²) in [7, 11) is 0. The maximum Gasteiger partial charge on any atom is 0.253 e. The zero-order chi connectivity index (χ0) is 21.7. The van der Waals surface area contributed by atoms with Gasteiger partial charge in [-0.2, -0.15) is 0 Å². The molecule has 7 heteroatoms. The van der Waals surface area contributed by atoms with E-state index >= 15 is 0 Å². The molecular formula is C23H22F2N2O3. The molecular weight excluding hydrogens is 390 g/mol. The molecule has 3 rings (SSSR count). The van der Waals surface area contributed by atoms with Gasteiger partial charge in [0, 0.05) is 35.9 Å². The highest BCUT2D eigenvalue weighted by Crippen LogP contribution is 2.18. The van der Waals surface area contributed by atoms with Crippen LogP contribution in [0.15, 0.2) is 53.3 Å². The Labute approximate surface area is 172 Å². The Morgan fingerprint density at radius 3 is 2.47 bits per heavy atom. The van der Waals surface area contributed by atoms with Gasteiger partial charge in [0.1, 0.15) is 5.82 Å². The molecule has 1 aromatic heterocycles. The lowest BCUT2D eigenvalue weighted by Gasteiger charge is -2.09. The Morgan fingerprint density at radius 2 is 1.80 bits per heavy atom. The molecule has 1 heterocycles. The number of rotatable bonds is 7. The van der Waals surface area contributed by atoms with E-state index in [4.69, 9.17) is 4.74 Å². The van der Waals surface area contributed by atoms with Gasteiger partial charge in [0.15, 0.2) is 11.6 Å². The summed E-state index contributed by atoms with van der Waals surface area (Å²) in [6.45, 7) is 3.99. The van der Waals surface area contributed by atoms with Gasteiger partial charge in [0.2, 0.25) is 0 Å². The number of aromatic amines is 1.